The summed E-state index contributed by atoms with van der Waals surface area (Å²) in [5.74, 6) is 2.32. The Kier molecular flexibility index (Phi) is 5.55. The highest BCUT2D eigenvalue weighted by Gasteiger charge is 2.42. The Bertz CT molecular complexity index is 1180. The fourth-order valence-corrected chi connectivity index (χ4v) is 4.77. The molecule has 3 aromatic carbocycles. The molecule has 6 heteroatoms. The summed E-state index contributed by atoms with van der Waals surface area (Å²) in [6.07, 6.45) is 1.44. The van der Waals surface area contributed by atoms with E-state index in [2.05, 4.69) is 58.2 Å². The number of hydrogen-bond acceptors (Lipinski definition) is 5. The van der Waals surface area contributed by atoms with Gasteiger partial charge >= 0.3 is 0 Å². The van der Waals surface area contributed by atoms with Crippen LogP contribution >= 0.6 is 15.9 Å². The molecule has 3 aromatic rings. The van der Waals surface area contributed by atoms with Crippen LogP contribution in [0.2, 0.25) is 0 Å². The number of halogens is 1. The van der Waals surface area contributed by atoms with Gasteiger partial charge in [0.2, 0.25) is 6.23 Å². The first-order chi connectivity index (χ1) is 15.6. The van der Waals surface area contributed by atoms with Crippen LogP contribution in [-0.4, -0.2) is 24.9 Å². The predicted octanol–water partition coefficient (Wildman–Crippen LogP) is 6.27. The molecule has 2 atom stereocenters. The Balaban J connectivity index is 1.60. The fraction of sp³-hybridized carbons (Fsp3) is 0.269. The Morgan fingerprint density at radius 2 is 1.81 bits per heavy atom. The van der Waals surface area contributed by atoms with Gasteiger partial charge in [-0.25, -0.2) is 5.01 Å². The third-order valence-corrected chi connectivity index (χ3v) is 6.65. The van der Waals surface area contributed by atoms with E-state index in [0.29, 0.717) is 5.75 Å². The topological polar surface area (TPSA) is 43.3 Å². The van der Waals surface area contributed by atoms with Crippen LogP contribution in [-0.2, 0) is 6.42 Å². The van der Waals surface area contributed by atoms with Crippen molar-refractivity contribution in [2.45, 2.75) is 32.0 Å². The molecule has 0 spiro atoms. The zero-order valence-corrected chi connectivity index (χ0v) is 19.9. The van der Waals surface area contributed by atoms with E-state index in [1.807, 2.05) is 30.3 Å². The lowest BCUT2D eigenvalue weighted by atomic mass is 9.95. The first-order valence-corrected chi connectivity index (χ1v) is 11.5. The van der Waals surface area contributed by atoms with Crippen LogP contribution in [0.3, 0.4) is 0 Å². The van der Waals surface area contributed by atoms with Gasteiger partial charge in [0.15, 0.2) is 0 Å². The maximum Gasteiger partial charge on any atom is 0.217 e. The maximum atomic E-state index is 6.50. The quantitative estimate of drug-likeness (QED) is 0.420. The van der Waals surface area contributed by atoms with Gasteiger partial charge in [0.25, 0.3) is 0 Å². The number of benzene rings is 3. The summed E-state index contributed by atoms with van der Waals surface area (Å²) in [5.41, 5.74) is 5.58. The molecule has 5 rings (SSSR count). The molecule has 0 radical (unpaired) electrons. The summed E-state index contributed by atoms with van der Waals surface area (Å²) < 4.78 is 18.6. The number of ether oxygens (including phenoxy) is 3. The SMILES string of the molecule is CCc1ccc(C2=NN3C(C2)c2cc(Br)ccc2OC3c2ccc(OC)cc2OC)cc1. The van der Waals surface area contributed by atoms with Gasteiger partial charge in [-0.1, -0.05) is 47.1 Å². The number of hydrazone groups is 1. The first-order valence-electron chi connectivity index (χ1n) is 10.7. The molecule has 2 unspecified atom stereocenters. The lowest BCUT2D eigenvalue weighted by Crippen LogP contribution is -2.34. The number of rotatable bonds is 5. The van der Waals surface area contributed by atoms with Crippen molar-refractivity contribution < 1.29 is 14.2 Å². The van der Waals surface area contributed by atoms with E-state index in [4.69, 9.17) is 19.3 Å². The number of aryl methyl sites for hydroxylation is 1. The summed E-state index contributed by atoms with van der Waals surface area (Å²) in [6, 6.07) is 20.7. The van der Waals surface area contributed by atoms with Gasteiger partial charge in [-0.15, -0.1) is 0 Å². The highest BCUT2D eigenvalue weighted by molar-refractivity contribution is 9.10. The van der Waals surface area contributed by atoms with Gasteiger partial charge in [-0.2, -0.15) is 5.10 Å². The summed E-state index contributed by atoms with van der Waals surface area (Å²) >= 11 is 3.62. The van der Waals surface area contributed by atoms with E-state index < -0.39 is 6.23 Å². The maximum absolute atomic E-state index is 6.50. The third-order valence-electron chi connectivity index (χ3n) is 6.15. The zero-order valence-electron chi connectivity index (χ0n) is 18.3. The molecular formula is C26H25BrN2O3. The van der Waals surface area contributed by atoms with Crippen molar-refractivity contribution in [1.29, 1.82) is 0 Å². The summed E-state index contributed by atoms with van der Waals surface area (Å²) in [4.78, 5) is 0. The molecule has 2 heterocycles. The van der Waals surface area contributed by atoms with Crippen molar-refractivity contribution in [1.82, 2.24) is 5.01 Å². The van der Waals surface area contributed by atoms with Crippen LogP contribution in [0.25, 0.3) is 0 Å². The van der Waals surface area contributed by atoms with Crippen molar-refractivity contribution in [3.63, 3.8) is 0 Å². The monoisotopic (exact) mass is 492 g/mol. The average Bonchev–Trinajstić information content (AvgIpc) is 3.29. The largest absolute Gasteiger partial charge is 0.497 e. The smallest absolute Gasteiger partial charge is 0.217 e. The van der Waals surface area contributed by atoms with E-state index in [-0.39, 0.29) is 6.04 Å². The van der Waals surface area contributed by atoms with Crippen LogP contribution in [0, 0.1) is 0 Å². The lowest BCUT2D eigenvalue weighted by Gasteiger charge is -2.38. The third kappa shape index (κ3) is 3.62. The van der Waals surface area contributed by atoms with Crippen LogP contribution in [0.1, 0.15) is 47.9 Å². The molecule has 0 bridgehead atoms. The van der Waals surface area contributed by atoms with E-state index in [1.165, 1.54) is 5.56 Å². The normalized spacial score (nSPS) is 19.0. The van der Waals surface area contributed by atoms with Crippen LogP contribution in [0.15, 0.2) is 70.2 Å². The van der Waals surface area contributed by atoms with Crippen molar-refractivity contribution >= 4 is 21.6 Å². The summed E-state index contributed by atoms with van der Waals surface area (Å²) in [5, 5.41) is 7.13. The molecule has 2 aliphatic rings. The average molecular weight is 493 g/mol. The summed E-state index contributed by atoms with van der Waals surface area (Å²) in [6.45, 7) is 2.17. The van der Waals surface area contributed by atoms with Gasteiger partial charge in [0.1, 0.15) is 17.2 Å². The Morgan fingerprint density at radius 3 is 2.53 bits per heavy atom. The highest BCUT2D eigenvalue weighted by Crippen LogP contribution is 2.49. The molecule has 0 saturated carbocycles. The molecule has 0 amide bonds. The van der Waals surface area contributed by atoms with E-state index in [1.54, 1.807) is 14.2 Å². The minimum Gasteiger partial charge on any atom is -0.497 e. The second-order valence-electron chi connectivity index (χ2n) is 7.96. The van der Waals surface area contributed by atoms with Gasteiger partial charge in [0.05, 0.1) is 31.5 Å². The van der Waals surface area contributed by atoms with Crippen LogP contribution in [0.4, 0.5) is 0 Å². The lowest BCUT2D eigenvalue weighted by molar-refractivity contribution is -0.0204. The molecule has 5 nitrogen and oxygen atoms in total. The molecule has 0 fully saturated rings. The minimum absolute atomic E-state index is 0.0777. The number of hydrogen-bond donors (Lipinski definition) is 0. The fourth-order valence-electron chi connectivity index (χ4n) is 4.39. The van der Waals surface area contributed by atoms with Crippen molar-refractivity contribution in [2.75, 3.05) is 14.2 Å². The number of methoxy groups -OCH3 is 2. The molecule has 164 valence electrons. The number of fused-ring (bicyclic) bond motifs is 3. The van der Waals surface area contributed by atoms with Gasteiger partial charge in [0, 0.05) is 22.5 Å². The minimum atomic E-state index is -0.401. The molecular weight excluding hydrogens is 468 g/mol. The second kappa shape index (κ2) is 8.51. The second-order valence-corrected chi connectivity index (χ2v) is 8.87. The standard InChI is InChI=1S/C26H25BrN2O3/c1-4-16-5-7-17(8-6-16)22-15-23-21-13-18(27)9-12-24(21)32-26(29(23)28-22)20-11-10-19(30-2)14-25(20)31-3/h5-14,23,26H,4,15H2,1-3H3. The Hall–Kier alpha value is -2.99. The van der Waals surface area contributed by atoms with Gasteiger partial charge in [-0.05, 0) is 47.9 Å². The zero-order chi connectivity index (χ0) is 22.2. The van der Waals surface area contributed by atoms with Crippen molar-refractivity contribution in [2.24, 2.45) is 5.10 Å². The highest BCUT2D eigenvalue weighted by atomic mass is 79.9. The van der Waals surface area contributed by atoms with Gasteiger partial charge in [-0.3, -0.25) is 0 Å². The Labute approximate surface area is 196 Å². The van der Waals surface area contributed by atoms with E-state index in [0.717, 1.165) is 51.2 Å². The van der Waals surface area contributed by atoms with Gasteiger partial charge < -0.3 is 14.2 Å². The molecule has 32 heavy (non-hydrogen) atoms. The van der Waals surface area contributed by atoms with Crippen molar-refractivity contribution in [3.05, 3.63) is 87.4 Å². The Morgan fingerprint density at radius 1 is 1.00 bits per heavy atom. The summed E-state index contributed by atoms with van der Waals surface area (Å²) in [7, 11) is 3.31. The van der Waals surface area contributed by atoms with E-state index >= 15 is 0 Å². The molecule has 0 aromatic heterocycles. The molecule has 0 N–H and O–H groups in total. The molecule has 0 aliphatic carbocycles. The van der Waals surface area contributed by atoms with Crippen molar-refractivity contribution in [3.8, 4) is 17.2 Å². The first kappa shape index (κ1) is 20.9. The number of nitrogens with zero attached hydrogens (tertiary/aromatic N) is 2. The molecule has 2 aliphatic heterocycles. The van der Waals surface area contributed by atoms with E-state index in [9.17, 15) is 0 Å². The predicted molar refractivity (Wildman–Crippen MR) is 129 cm³/mol. The molecule has 0 saturated heterocycles. The van der Waals surface area contributed by atoms with Crippen LogP contribution < -0.4 is 14.2 Å². The van der Waals surface area contributed by atoms with Crippen LogP contribution in [0.5, 0.6) is 17.2 Å².